The number of terminal acetylenes is 1. The molecule has 2 aromatic carbocycles. The van der Waals surface area contributed by atoms with Gasteiger partial charge in [-0.1, -0.05) is 41.8 Å². The molecule has 0 unspecified atom stereocenters. The topological polar surface area (TPSA) is 67.9 Å². The number of nitrogens with one attached hydrogen (secondary N) is 1. The predicted molar refractivity (Wildman–Crippen MR) is 124 cm³/mol. The van der Waals surface area contributed by atoms with Crippen molar-refractivity contribution >= 4 is 18.0 Å². The highest BCUT2D eigenvalue weighted by atomic mass is 16.5. The van der Waals surface area contributed by atoms with Gasteiger partial charge in [0.1, 0.15) is 12.3 Å². The average Bonchev–Trinajstić information content (AvgIpc) is 3.02. The molecule has 0 atom stereocenters. The minimum atomic E-state index is -0.452. The summed E-state index contributed by atoms with van der Waals surface area (Å²) < 4.78 is 11.4. The Bertz CT molecular complexity index is 1090. The van der Waals surface area contributed by atoms with Crippen LogP contribution in [0, 0.1) is 19.3 Å². The van der Waals surface area contributed by atoms with Crippen LogP contribution in [-0.2, 0) is 17.8 Å². The molecular weight excluding hydrogens is 404 g/mol. The summed E-state index contributed by atoms with van der Waals surface area (Å²) in [6, 6.07) is 10.9. The number of carbonyl (C=O) groups is 2. The maximum absolute atomic E-state index is 12.9. The second-order valence-electron chi connectivity index (χ2n) is 7.29. The van der Waals surface area contributed by atoms with Crippen molar-refractivity contribution < 1.29 is 19.1 Å². The van der Waals surface area contributed by atoms with E-state index in [1.807, 2.05) is 44.2 Å². The van der Waals surface area contributed by atoms with Gasteiger partial charge in [-0.2, -0.15) is 0 Å². The first-order valence-corrected chi connectivity index (χ1v) is 10.3. The summed E-state index contributed by atoms with van der Waals surface area (Å²) in [5.74, 6) is 3.14. The van der Waals surface area contributed by atoms with Gasteiger partial charge in [-0.05, 0) is 49.6 Å². The minimum absolute atomic E-state index is 0.104. The van der Waals surface area contributed by atoms with Crippen molar-refractivity contribution in [1.29, 1.82) is 0 Å². The number of nitrogens with zero attached hydrogens (tertiary/aromatic N) is 1. The Morgan fingerprint density at radius 3 is 2.59 bits per heavy atom. The Kier molecular flexibility index (Phi) is 7.35. The van der Waals surface area contributed by atoms with Crippen molar-refractivity contribution in [1.82, 2.24) is 10.2 Å². The van der Waals surface area contributed by atoms with Gasteiger partial charge in [0.25, 0.3) is 5.91 Å². The lowest BCUT2D eigenvalue weighted by atomic mass is 10.0. The van der Waals surface area contributed by atoms with Crippen LogP contribution in [0.4, 0.5) is 4.79 Å². The first-order valence-electron chi connectivity index (χ1n) is 10.3. The number of urea groups is 1. The quantitative estimate of drug-likeness (QED) is 0.280. The van der Waals surface area contributed by atoms with Crippen LogP contribution < -0.4 is 14.8 Å². The van der Waals surface area contributed by atoms with Crippen molar-refractivity contribution in [3.8, 4) is 23.8 Å². The van der Waals surface area contributed by atoms with Gasteiger partial charge >= 0.3 is 6.03 Å². The molecule has 1 saturated heterocycles. The van der Waals surface area contributed by atoms with Crippen molar-refractivity contribution in [2.24, 2.45) is 0 Å². The summed E-state index contributed by atoms with van der Waals surface area (Å²) in [4.78, 5) is 26.5. The average molecular weight is 431 g/mol. The number of hydrogen-bond acceptors (Lipinski definition) is 4. The number of hydrogen-bond donors (Lipinski definition) is 1. The maximum Gasteiger partial charge on any atom is 0.329 e. The summed E-state index contributed by atoms with van der Waals surface area (Å²) in [5, 5.41) is 2.67. The molecule has 6 nitrogen and oxygen atoms in total. The van der Waals surface area contributed by atoms with Crippen molar-refractivity contribution in [3.63, 3.8) is 0 Å². The lowest BCUT2D eigenvalue weighted by Crippen LogP contribution is -2.30. The maximum atomic E-state index is 12.9. The second kappa shape index (κ2) is 10.4. The Morgan fingerprint density at radius 2 is 1.94 bits per heavy atom. The molecule has 1 aliphatic heterocycles. The highest BCUT2D eigenvalue weighted by Crippen LogP contribution is 2.35. The van der Waals surface area contributed by atoms with Crippen LogP contribution >= 0.6 is 0 Å². The third-order valence-corrected chi connectivity index (χ3v) is 4.85. The lowest BCUT2D eigenvalue weighted by Gasteiger charge is -2.15. The van der Waals surface area contributed by atoms with Gasteiger partial charge in [0.05, 0.1) is 13.2 Å². The zero-order valence-electron chi connectivity index (χ0n) is 18.3. The molecule has 1 heterocycles. The number of carbonyl (C=O) groups excluding carboxylic acids is 2. The van der Waals surface area contributed by atoms with E-state index in [0.717, 1.165) is 16.7 Å². The predicted octanol–water partition coefficient (Wildman–Crippen LogP) is 4.23. The number of rotatable bonds is 9. The molecule has 0 radical (unpaired) electrons. The number of benzene rings is 2. The molecule has 3 rings (SSSR count). The van der Waals surface area contributed by atoms with E-state index < -0.39 is 6.03 Å². The van der Waals surface area contributed by atoms with Crippen LogP contribution in [0.3, 0.4) is 0 Å². The lowest BCUT2D eigenvalue weighted by molar-refractivity contribution is -0.123. The first kappa shape index (κ1) is 22.7. The van der Waals surface area contributed by atoms with Gasteiger partial charge in [-0.15, -0.1) is 13.0 Å². The summed E-state index contributed by atoms with van der Waals surface area (Å²) >= 11 is 0. The van der Waals surface area contributed by atoms with E-state index in [4.69, 9.17) is 15.9 Å². The molecule has 0 saturated carbocycles. The Hall–Kier alpha value is -3.98. The van der Waals surface area contributed by atoms with Crippen LogP contribution in [0.2, 0.25) is 0 Å². The molecule has 0 aliphatic carbocycles. The van der Waals surface area contributed by atoms with Crippen LogP contribution in [0.5, 0.6) is 11.5 Å². The van der Waals surface area contributed by atoms with E-state index in [9.17, 15) is 9.59 Å². The summed E-state index contributed by atoms with van der Waals surface area (Å²) in [6.07, 6.45) is 9.24. The molecule has 1 aliphatic rings. The smallest absolute Gasteiger partial charge is 0.329 e. The fourth-order valence-electron chi connectivity index (χ4n) is 3.37. The fraction of sp³-hybridized carbons (Fsp3) is 0.231. The van der Waals surface area contributed by atoms with Gasteiger partial charge < -0.3 is 14.8 Å². The SMILES string of the molecule is C#CCOc1c(CC=C)cc(/C=C2/NC(=O)N(Cc3ccc(C)cc3)C2=O)cc1OCC. The minimum Gasteiger partial charge on any atom is -0.490 e. The second-order valence-corrected chi connectivity index (χ2v) is 7.29. The molecule has 0 spiro atoms. The van der Waals surface area contributed by atoms with Crippen molar-refractivity contribution in [2.45, 2.75) is 26.8 Å². The van der Waals surface area contributed by atoms with E-state index in [1.165, 1.54) is 4.90 Å². The van der Waals surface area contributed by atoms with E-state index in [1.54, 1.807) is 18.2 Å². The van der Waals surface area contributed by atoms with Crippen LogP contribution in [0.25, 0.3) is 6.08 Å². The van der Waals surface area contributed by atoms with Gasteiger partial charge in [-0.25, -0.2) is 4.79 Å². The van der Waals surface area contributed by atoms with E-state index in [0.29, 0.717) is 30.1 Å². The van der Waals surface area contributed by atoms with E-state index in [-0.39, 0.29) is 24.8 Å². The largest absolute Gasteiger partial charge is 0.490 e. The standard InChI is InChI=1S/C26H26N2O4/c1-5-8-21-14-20(16-23(31-7-3)24(21)32-13-6-2)15-22-25(29)28(26(30)27-22)17-19-11-9-18(4)10-12-19/h2,5,9-12,14-16H,1,7-8,13,17H2,3-4H3,(H,27,30)/b22-15+. The van der Waals surface area contributed by atoms with Crippen LogP contribution in [0.15, 0.2) is 54.8 Å². The summed E-state index contributed by atoms with van der Waals surface area (Å²) in [7, 11) is 0. The van der Waals surface area contributed by atoms with Gasteiger partial charge in [-0.3, -0.25) is 9.69 Å². The molecular formula is C26H26N2O4. The molecule has 164 valence electrons. The Labute approximate surface area is 188 Å². The number of imide groups is 1. The zero-order valence-corrected chi connectivity index (χ0v) is 18.3. The number of ether oxygens (including phenoxy) is 2. The molecule has 2 aromatic rings. The van der Waals surface area contributed by atoms with Crippen molar-refractivity contribution in [2.75, 3.05) is 13.2 Å². The number of amides is 3. The zero-order chi connectivity index (χ0) is 23.1. The number of aryl methyl sites for hydroxylation is 1. The molecule has 0 aromatic heterocycles. The molecule has 0 bridgehead atoms. The van der Waals surface area contributed by atoms with Gasteiger partial charge in [0.15, 0.2) is 11.5 Å². The third kappa shape index (κ3) is 5.19. The van der Waals surface area contributed by atoms with Crippen molar-refractivity contribution in [3.05, 3.63) is 77.0 Å². The normalized spacial score (nSPS) is 14.3. The van der Waals surface area contributed by atoms with E-state index in [2.05, 4.69) is 17.8 Å². The summed E-state index contributed by atoms with van der Waals surface area (Å²) in [5.41, 5.74) is 3.70. The highest BCUT2D eigenvalue weighted by molar-refractivity contribution is 6.13. The Morgan fingerprint density at radius 1 is 1.19 bits per heavy atom. The third-order valence-electron chi connectivity index (χ3n) is 4.85. The Balaban J connectivity index is 1.91. The fourth-order valence-corrected chi connectivity index (χ4v) is 3.37. The molecule has 1 fully saturated rings. The highest BCUT2D eigenvalue weighted by Gasteiger charge is 2.33. The van der Waals surface area contributed by atoms with Gasteiger partial charge in [0.2, 0.25) is 0 Å². The van der Waals surface area contributed by atoms with Crippen LogP contribution in [0.1, 0.15) is 29.2 Å². The van der Waals surface area contributed by atoms with E-state index >= 15 is 0 Å². The molecule has 32 heavy (non-hydrogen) atoms. The van der Waals surface area contributed by atoms with Gasteiger partial charge in [0, 0.05) is 5.56 Å². The monoisotopic (exact) mass is 430 g/mol. The number of allylic oxidation sites excluding steroid dienone is 1. The van der Waals surface area contributed by atoms with Crippen LogP contribution in [-0.4, -0.2) is 30.1 Å². The molecule has 6 heteroatoms. The summed E-state index contributed by atoms with van der Waals surface area (Å²) in [6.45, 7) is 8.38. The molecule has 1 N–H and O–H groups in total. The first-order chi connectivity index (χ1) is 15.5. The molecule has 3 amide bonds.